The highest BCUT2D eigenvalue weighted by molar-refractivity contribution is 5.32. The summed E-state index contributed by atoms with van der Waals surface area (Å²) in [6.07, 6.45) is 9.96. The molecule has 1 heterocycles. The van der Waals surface area contributed by atoms with Gasteiger partial charge in [-0.25, -0.2) is 0 Å². The number of benzene rings is 3. The standard InChI is InChI=1S/C30H32N2O/c1-4-11-25(12-5-1)22-31-19-20-32(23-26-13-6-2-7-14-26)30(31)28-17-10-18-29(21-28)33-24-27-15-8-3-9-16-27/h1-15,17-18,21,27,30H,16,19-20,22-24H2. The quantitative estimate of drug-likeness (QED) is 0.417. The van der Waals surface area contributed by atoms with Gasteiger partial charge in [-0.15, -0.1) is 0 Å². The summed E-state index contributed by atoms with van der Waals surface area (Å²) in [7, 11) is 0. The van der Waals surface area contributed by atoms with Gasteiger partial charge in [0.2, 0.25) is 0 Å². The molecule has 168 valence electrons. The first-order valence-electron chi connectivity index (χ1n) is 12.0. The van der Waals surface area contributed by atoms with E-state index in [1.54, 1.807) is 0 Å². The first-order chi connectivity index (χ1) is 16.3. The van der Waals surface area contributed by atoms with Gasteiger partial charge in [0.05, 0.1) is 12.8 Å². The molecule has 5 rings (SSSR count). The molecule has 1 unspecified atom stereocenters. The van der Waals surface area contributed by atoms with Crippen molar-refractivity contribution in [3.63, 3.8) is 0 Å². The van der Waals surface area contributed by atoms with Crippen molar-refractivity contribution < 1.29 is 4.74 Å². The number of nitrogens with zero attached hydrogens (tertiary/aromatic N) is 2. The predicted octanol–water partition coefficient (Wildman–Crippen LogP) is 6.21. The van der Waals surface area contributed by atoms with Gasteiger partial charge in [-0.2, -0.15) is 0 Å². The Kier molecular flexibility index (Phi) is 7.00. The second-order valence-electron chi connectivity index (χ2n) is 8.98. The molecule has 3 aromatic carbocycles. The molecule has 0 aromatic heterocycles. The van der Waals surface area contributed by atoms with Crippen LogP contribution < -0.4 is 4.74 Å². The highest BCUT2D eigenvalue weighted by Gasteiger charge is 2.33. The summed E-state index contributed by atoms with van der Waals surface area (Å²) in [5, 5.41) is 0. The molecule has 2 aliphatic rings. The van der Waals surface area contributed by atoms with Gasteiger partial charge in [0.1, 0.15) is 5.75 Å². The molecule has 1 aliphatic heterocycles. The predicted molar refractivity (Wildman–Crippen MR) is 135 cm³/mol. The van der Waals surface area contributed by atoms with Crippen LogP contribution in [0.5, 0.6) is 5.75 Å². The molecule has 0 amide bonds. The fraction of sp³-hybridized carbons (Fsp3) is 0.267. The molecule has 1 atom stereocenters. The molecule has 3 nitrogen and oxygen atoms in total. The number of hydrogen-bond donors (Lipinski definition) is 0. The Labute approximate surface area is 197 Å². The van der Waals surface area contributed by atoms with Gasteiger partial charge in [0.25, 0.3) is 0 Å². The summed E-state index contributed by atoms with van der Waals surface area (Å²) < 4.78 is 6.23. The summed E-state index contributed by atoms with van der Waals surface area (Å²) in [5.41, 5.74) is 4.01. The van der Waals surface area contributed by atoms with Gasteiger partial charge in [-0.3, -0.25) is 9.80 Å². The summed E-state index contributed by atoms with van der Waals surface area (Å²) >= 11 is 0. The zero-order chi connectivity index (χ0) is 22.3. The van der Waals surface area contributed by atoms with Crippen LogP contribution in [-0.4, -0.2) is 29.5 Å². The third-order valence-electron chi connectivity index (χ3n) is 6.51. The second kappa shape index (κ2) is 10.7. The van der Waals surface area contributed by atoms with Crippen LogP contribution in [0, 0.1) is 5.92 Å². The van der Waals surface area contributed by atoms with E-state index in [0.717, 1.165) is 45.0 Å². The minimum absolute atomic E-state index is 0.228. The van der Waals surface area contributed by atoms with Gasteiger partial charge in [-0.05, 0) is 35.2 Å². The van der Waals surface area contributed by atoms with Crippen molar-refractivity contribution in [2.24, 2.45) is 5.92 Å². The van der Waals surface area contributed by atoms with Crippen molar-refractivity contribution in [1.82, 2.24) is 9.80 Å². The molecule has 0 N–H and O–H groups in total. The van der Waals surface area contributed by atoms with Crippen molar-refractivity contribution >= 4 is 0 Å². The largest absolute Gasteiger partial charge is 0.493 e. The minimum atomic E-state index is 0.228. The van der Waals surface area contributed by atoms with E-state index in [1.807, 2.05) is 0 Å². The van der Waals surface area contributed by atoms with Gasteiger partial charge in [0.15, 0.2) is 0 Å². The van der Waals surface area contributed by atoms with E-state index in [-0.39, 0.29) is 6.17 Å². The number of ether oxygens (including phenoxy) is 1. The maximum atomic E-state index is 6.23. The van der Waals surface area contributed by atoms with Gasteiger partial charge >= 0.3 is 0 Å². The summed E-state index contributed by atoms with van der Waals surface area (Å²) in [6, 6.07) is 30.3. The molecule has 0 saturated carbocycles. The highest BCUT2D eigenvalue weighted by Crippen LogP contribution is 2.34. The minimum Gasteiger partial charge on any atom is -0.493 e. The maximum Gasteiger partial charge on any atom is 0.119 e. The fourth-order valence-corrected chi connectivity index (χ4v) is 4.84. The van der Waals surface area contributed by atoms with Crippen LogP contribution in [0.2, 0.25) is 0 Å². The molecule has 33 heavy (non-hydrogen) atoms. The number of hydrogen-bond acceptors (Lipinski definition) is 3. The smallest absolute Gasteiger partial charge is 0.119 e. The number of rotatable bonds is 8. The first kappa shape index (κ1) is 21.7. The van der Waals surface area contributed by atoms with E-state index in [1.165, 1.54) is 16.7 Å². The lowest BCUT2D eigenvalue weighted by Crippen LogP contribution is -2.30. The van der Waals surface area contributed by atoms with E-state index in [0.29, 0.717) is 5.92 Å². The van der Waals surface area contributed by atoms with E-state index in [9.17, 15) is 0 Å². The molecule has 0 bridgehead atoms. The molecule has 1 saturated heterocycles. The van der Waals surface area contributed by atoms with Gasteiger partial charge in [-0.1, -0.05) is 97.1 Å². The lowest BCUT2D eigenvalue weighted by molar-refractivity contribution is 0.125. The maximum absolute atomic E-state index is 6.23. The van der Waals surface area contributed by atoms with Crippen molar-refractivity contribution in [3.05, 3.63) is 126 Å². The van der Waals surface area contributed by atoms with Crippen LogP contribution in [-0.2, 0) is 13.1 Å². The Bertz CT molecular complexity index is 1030. The Morgan fingerprint density at radius 2 is 1.39 bits per heavy atom. The summed E-state index contributed by atoms with van der Waals surface area (Å²) in [5.74, 6) is 1.41. The lowest BCUT2D eigenvalue weighted by atomic mass is 10.0. The van der Waals surface area contributed by atoms with Crippen LogP contribution in [0.3, 0.4) is 0 Å². The van der Waals surface area contributed by atoms with Crippen LogP contribution in [0.25, 0.3) is 0 Å². The van der Waals surface area contributed by atoms with Crippen LogP contribution in [0.1, 0.15) is 29.3 Å². The summed E-state index contributed by atoms with van der Waals surface area (Å²) in [4.78, 5) is 5.18. The van der Waals surface area contributed by atoms with Crippen molar-refractivity contribution in [2.75, 3.05) is 19.7 Å². The molecule has 1 aliphatic carbocycles. The third kappa shape index (κ3) is 5.62. The van der Waals surface area contributed by atoms with Crippen LogP contribution in [0.15, 0.2) is 109 Å². The zero-order valence-corrected chi connectivity index (χ0v) is 19.1. The monoisotopic (exact) mass is 436 g/mol. The topological polar surface area (TPSA) is 15.7 Å². The molecule has 0 radical (unpaired) electrons. The van der Waals surface area contributed by atoms with Crippen molar-refractivity contribution in [3.8, 4) is 5.75 Å². The molecule has 3 heteroatoms. The normalized spacial score (nSPS) is 19.2. The second-order valence-corrected chi connectivity index (χ2v) is 8.98. The Hall–Kier alpha value is -3.14. The fourth-order valence-electron chi connectivity index (χ4n) is 4.84. The average molecular weight is 437 g/mol. The van der Waals surface area contributed by atoms with Gasteiger partial charge < -0.3 is 4.74 Å². The highest BCUT2D eigenvalue weighted by atomic mass is 16.5. The van der Waals surface area contributed by atoms with Gasteiger partial charge in [0, 0.05) is 32.1 Å². The molecule has 0 spiro atoms. The average Bonchev–Trinajstić information content (AvgIpc) is 3.26. The molecule has 3 aromatic rings. The zero-order valence-electron chi connectivity index (χ0n) is 19.1. The molecular formula is C30H32N2O. The van der Waals surface area contributed by atoms with Crippen LogP contribution >= 0.6 is 0 Å². The SMILES string of the molecule is C1=CCC(COc2cccc(C3N(Cc4ccccc4)CCN3Cc3ccccc3)c2)C=C1. The Morgan fingerprint density at radius 3 is 2.00 bits per heavy atom. The van der Waals surface area contributed by atoms with Crippen molar-refractivity contribution in [1.29, 1.82) is 0 Å². The first-order valence-corrected chi connectivity index (χ1v) is 12.0. The molecular weight excluding hydrogens is 404 g/mol. The van der Waals surface area contributed by atoms with Crippen LogP contribution in [0.4, 0.5) is 0 Å². The van der Waals surface area contributed by atoms with E-state index in [4.69, 9.17) is 4.74 Å². The summed E-state index contributed by atoms with van der Waals surface area (Å²) in [6.45, 7) is 4.71. The van der Waals surface area contributed by atoms with E-state index in [2.05, 4.69) is 119 Å². The van der Waals surface area contributed by atoms with E-state index >= 15 is 0 Å². The lowest BCUT2D eigenvalue weighted by Gasteiger charge is -2.31. The number of allylic oxidation sites excluding steroid dienone is 3. The Morgan fingerprint density at radius 1 is 0.727 bits per heavy atom. The third-order valence-corrected chi connectivity index (χ3v) is 6.51. The van der Waals surface area contributed by atoms with Crippen molar-refractivity contribution in [2.45, 2.75) is 25.7 Å². The Balaban J connectivity index is 1.36. The molecule has 1 fully saturated rings. The van der Waals surface area contributed by atoms with E-state index < -0.39 is 0 Å².